The first-order valence-electron chi connectivity index (χ1n) is 8.58. The number of hydrogen-bond donors (Lipinski definition) is 3. The minimum Gasteiger partial charge on any atom is -0.497 e. The monoisotopic (exact) mass is 374 g/mol. The van der Waals surface area contributed by atoms with E-state index >= 15 is 0 Å². The maximum atomic E-state index is 12.0. The lowest BCUT2D eigenvalue weighted by atomic mass is 10.2. The summed E-state index contributed by atoms with van der Waals surface area (Å²) < 4.78 is 5.12. The smallest absolute Gasteiger partial charge is 0.242 e. The summed E-state index contributed by atoms with van der Waals surface area (Å²) in [6.45, 7) is 6.06. The number of benzene rings is 1. The van der Waals surface area contributed by atoms with E-state index in [1.54, 1.807) is 18.4 Å². The van der Waals surface area contributed by atoms with Crippen molar-refractivity contribution >= 4 is 23.2 Å². The SMILES string of the molecule is CCNC(=NCC(=O)NCc1ccc(OC)cc1)NCc1ccc(C)s1. The number of carbonyl (C=O) groups excluding carboxylic acids is 1. The van der Waals surface area contributed by atoms with Crippen LogP contribution in [0.25, 0.3) is 0 Å². The molecule has 2 rings (SSSR count). The highest BCUT2D eigenvalue weighted by atomic mass is 32.1. The number of nitrogens with zero attached hydrogens (tertiary/aromatic N) is 1. The number of aryl methyl sites for hydroxylation is 1. The lowest BCUT2D eigenvalue weighted by Gasteiger charge is -2.10. The molecule has 1 heterocycles. The van der Waals surface area contributed by atoms with Crippen LogP contribution in [0.4, 0.5) is 0 Å². The predicted molar refractivity (Wildman–Crippen MR) is 107 cm³/mol. The molecular weight excluding hydrogens is 348 g/mol. The second-order valence-corrected chi connectivity index (χ2v) is 7.06. The number of nitrogens with one attached hydrogen (secondary N) is 3. The molecule has 0 aliphatic rings. The molecule has 1 amide bonds. The van der Waals surface area contributed by atoms with E-state index in [-0.39, 0.29) is 12.5 Å². The Balaban J connectivity index is 1.79. The maximum Gasteiger partial charge on any atom is 0.242 e. The van der Waals surface area contributed by atoms with Crippen molar-refractivity contribution in [3.05, 3.63) is 51.7 Å². The van der Waals surface area contributed by atoms with Gasteiger partial charge in [-0.15, -0.1) is 11.3 Å². The second-order valence-electron chi connectivity index (χ2n) is 5.69. The molecule has 0 fully saturated rings. The van der Waals surface area contributed by atoms with E-state index in [9.17, 15) is 4.79 Å². The Hall–Kier alpha value is -2.54. The first-order chi connectivity index (χ1) is 12.6. The summed E-state index contributed by atoms with van der Waals surface area (Å²) >= 11 is 1.75. The molecule has 0 aliphatic heterocycles. The Bertz CT molecular complexity index is 725. The number of aliphatic imine (C=N–C) groups is 1. The average Bonchev–Trinajstić information content (AvgIpc) is 3.08. The Morgan fingerprint density at radius 1 is 1.08 bits per heavy atom. The number of amides is 1. The number of guanidine groups is 1. The van der Waals surface area contributed by atoms with Crippen LogP contribution < -0.4 is 20.7 Å². The fourth-order valence-electron chi connectivity index (χ4n) is 2.24. The molecule has 2 aromatic rings. The van der Waals surface area contributed by atoms with Gasteiger partial charge < -0.3 is 20.7 Å². The highest BCUT2D eigenvalue weighted by Crippen LogP contribution is 2.14. The van der Waals surface area contributed by atoms with Gasteiger partial charge in [0.1, 0.15) is 12.3 Å². The van der Waals surface area contributed by atoms with Gasteiger partial charge in [-0.2, -0.15) is 0 Å². The van der Waals surface area contributed by atoms with Gasteiger partial charge in [0.2, 0.25) is 5.91 Å². The van der Waals surface area contributed by atoms with Crippen molar-refractivity contribution in [2.45, 2.75) is 26.9 Å². The van der Waals surface area contributed by atoms with Gasteiger partial charge in [0, 0.05) is 22.8 Å². The molecule has 0 bridgehead atoms. The highest BCUT2D eigenvalue weighted by molar-refractivity contribution is 7.11. The van der Waals surface area contributed by atoms with Gasteiger partial charge in [-0.25, -0.2) is 4.99 Å². The van der Waals surface area contributed by atoms with E-state index in [4.69, 9.17) is 4.74 Å². The number of hydrogen-bond acceptors (Lipinski definition) is 4. The molecule has 7 heteroatoms. The van der Waals surface area contributed by atoms with Crippen LogP contribution in [0, 0.1) is 6.92 Å². The van der Waals surface area contributed by atoms with Crippen molar-refractivity contribution in [1.82, 2.24) is 16.0 Å². The first kappa shape index (κ1) is 19.8. The molecule has 0 spiro atoms. The predicted octanol–water partition coefficient (Wildman–Crippen LogP) is 2.44. The standard InChI is InChI=1S/C19H26N4O2S/c1-4-20-19(22-12-17-10-5-14(2)26-17)23-13-18(24)21-11-15-6-8-16(25-3)9-7-15/h5-10H,4,11-13H2,1-3H3,(H,21,24)(H2,20,22,23). The van der Waals surface area contributed by atoms with Gasteiger partial charge in [-0.1, -0.05) is 12.1 Å². The highest BCUT2D eigenvalue weighted by Gasteiger charge is 2.04. The fourth-order valence-corrected chi connectivity index (χ4v) is 3.07. The van der Waals surface area contributed by atoms with Crippen LogP contribution in [0.5, 0.6) is 5.75 Å². The van der Waals surface area contributed by atoms with Crippen LogP contribution >= 0.6 is 11.3 Å². The summed E-state index contributed by atoms with van der Waals surface area (Å²) in [5.41, 5.74) is 1.02. The number of methoxy groups -OCH3 is 1. The summed E-state index contributed by atoms with van der Waals surface area (Å²) in [6.07, 6.45) is 0. The first-order valence-corrected chi connectivity index (χ1v) is 9.39. The quantitative estimate of drug-likeness (QED) is 0.490. The molecule has 0 radical (unpaired) electrons. The molecule has 3 N–H and O–H groups in total. The normalized spacial score (nSPS) is 11.1. The molecule has 0 saturated heterocycles. The van der Waals surface area contributed by atoms with Crippen molar-refractivity contribution < 1.29 is 9.53 Å². The minimum atomic E-state index is -0.120. The minimum absolute atomic E-state index is 0.0783. The van der Waals surface area contributed by atoms with Gasteiger partial charge in [0.05, 0.1) is 13.7 Å². The van der Waals surface area contributed by atoms with E-state index in [0.29, 0.717) is 19.0 Å². The van der Waals surface area contributed by atoms with Gasteiger partial charge in [0.15, 0.2) is 5.96 Å². The molecule has 140 valence electrons. The van der Waals surface area contributed by atoms with Crippen molar-refractivity contribution in [1.29, 1.82) is 0 Å². The third kappa shape index (κ3) is 6.76. The fraction of sp³-hybridized carbons (Fsp3) is 0.368. The molecule has 0 unspecified atom stereocenters. The van der Waals surface area contributed by atoms with Gasteiger partial charge in [-0.3, -0.25) is 4.79 Å². The topological polar surface area (TPSA) is 74.8 Å². The molecule has 26 heavy (non-hydrogen) atoms. The number of carbonyl (C=O) groups is 1. The van der Waals surface area contributed by atoms with Crippen LogP contribution in [0.1, 0.15) is 22.2 Å². The van der Waals surface area contributed by atoms with E-state index in [0.717, 1.165) is 17.9 Å². The molecule has 0 aliphatic carbocycles. The third-order valence-corrected chi connectivity index (χ3v) is 4.60. The Morgan fingerprint density at radius 3 is 2.46 bits per heavy atom. The molecule has 0 saturated carbocycles. The van der Waals surface area contributed by atoms with Crippen LogP contribution in [0.2, 0.25) is 0 Å². The zero-order valence-electron chi connectivity index (χ0n) is 15.5. The lowest BCUT2D eigenvalue weighted by molar-refractivity contribution is -0.119. The largest absolute Gasteiger partial charge is 0.497 e. The number of rotatable bonds is 8. The Labute approximate surface area is 158 Å². The Morgan fingerprint density at radius 2 is 1.85 bits per heavy atom. The van der Waals surface area contributed by atoms with Crippen molar-refractivity contribution in [2.24, 2.45) is 4.99 Å². The van der Waals surface area contributed by atoms with Gasteiger partial charge in [0.25, 0.3) is 0 Å². The van der Waals surface area contributed by atoms with Gasteiger partial charge in [-0.05, 0) is 43.7 Å². The molecule has 1 aromatic heterocycles. The van der Waals surface area contributed by atoms with E-state index < -0.39 is 0 Å². The Kier molecular flexibility index (Phi) is 7.95. The van der Waals surface area contributed by atoms with E-state index in [2.05, 4.69) is 40.0 Å². The zero-order chi connectivity index (χ0) is 18.8. The van der Waals surface area contributed by atoms with Gasteiger partial charge >= 0.3 is 0 Å². The summed E-state index contributed by atoms with van der Waals surface area (Å²) in [5, 5.41) is 9.27. The van der Waals surface area contributed by atoms with Crippen molar-refractivity contribution in [3.8, 4) is 5.75 Å². The van der Waals surface area contributed by atoms with Crippen LogP contribution in [0.15, 0.2) is 41.4 Å². The lowest BCUT2D eigenvalue weighted by Crippen LogP contribution is -2.38. The van der Waals surface area contributed by atoms with Crippen LogP contribution in [-0.4, -0.2) is 32.1 Å². The summed E-state index contributed by atoms with van der Waals surface area (Å²) in [5.74, 6) is 1.31. The van der Waals surface area contributed by atoms with Crippen LogP contribution in [0.3, 0.4) is 0 Å². The molecular formula is C19H26N4O2S. The molecule has 1 aromatic carbocycles. The summed E-state index contributed by atoms with van der Waals surface area (Å²) in [4.78, 5) is 18.9. The molecule has 0 atom stereocenters. The van der Waals surface area contributed by atoms with E-state index in [1.807, 2.05) is 31.2 Å². The number of thiophene rings is 1. The van der Waals surface area contributed by atoms with Crippen molar-refractivity contribution in [3.63, 3.8) is 0 Å². The average molecular weight is 375 g/mol. The summed E-state index contributed by atoms with van der Waals surface area (Å²) in [7, 11) is 1.63. The molecule has 6 nitrogen and oxygen atoms in total. The maximum absolute atomic E-state index is 12.0. The van der Waals surface area contributed by atoms with Crippen LogP contribution in [-0.2, 0) is 17.9 Å². The van der Waals surface area contributed by atoms with Crippen molar-refractivity contribution in [2.75, 3.05) is 20.2 Å². The summed E-state index contributed by atoms with van der Waals surface area (Å²) in [6, 6.07) is 11.8. The van der Waals surface area contributed by atoms with E-state index in [1.165, 1.54) is 9.75 Å². The number of ether oxygens (including phenoxy) is 1. The second kappa shape index (κ2) is 10.5. The zero-order valence-corrected chi connectivity index (χ0v) is 16.3. The third-order valence-electron chi connectivity index (χ3n) is 3.60.